The summed E-state index contributed by atoms with van der Waals surface area (Å²) in [7, 11) is 0. The van der Waals surface area contributed by atoms with Crippen LogP contribution in [0.4, 0.5) is 11.4 Å². The summed E-state index contributed by atoms with van der Waals surface area (Å²) in [6.45, 7) is 8.82. The van der Waals surface area contributed by atoms with Crippen molar-refractivity contribution >= 4 is 29.1 Å². The second-order valence-corrected chi connectivity index (χ2v) is 9.37. The molecule has 0 spiro atoms. The highest BCUT2D eigenvalue weighted by Gasteiger charge is 2.31. The quantitative estimate of drug-likeness (QED) is 0.771. The summed E-state index contributed by atoms with van der Waals surface area (Å²) in [6, 6.07) is 7.63. The molecule has 3 aliphatic rings. The molecule has 32 heavy (non-hydrogen) atoms. The summed E-state index contributed by atoms with van der Waals surface area (Å²) in [4.78, 5) is 46.3. The predicted molar refractivity (Wildman–Crippen MR) is 125 cm³/mol. The van der Waals surface area contributed by atoms with Crippen molar-refractivity contribution in [2.75, 3.05) is 56.0 Å². The minimum absolute atomic E-state index is 0.00752. The Balaban J connectivity index is 1.32. The van der Waals surface area contributed by atoms with Crippen molar-refractivity contribution in [3.63, 3.8) is 0 Å². The molecule has 2 saturated heterocycles. The third-order valence-electron chi connectivity index (χ3n) is 6.93. The number of carbonyl (C=O) groups is 3. The topological polar surface area (TPSA) is 76.2 Å². The van der Waals surface area contributed by atoms with E-state index in [1.54, 1.807) is 4.90 Å². The van der Waals surface area contributed by atoms with Gasteiger partial charge in [0.1, 0.15) is 0 Å². The maximum Gasteiger partial charge on any atom is 0.241 e. The SMILES string of the molecule is C[C@@H]1CC(=O)Nc2ccccc2N1C(=O)CN1CCN(CC(=O)N2CCCC[C@@H]2C)CC1. The van der Waals surface area contributed by atoms with Gasteiger partial charge in [-0.25, -0.2) is 0 Å². The van der Waals surface area contributed by atoms with Gasteiger partial charge >= 0.3 is 0 Å². The molecule has 3 aliphatic heterocycles. The Morgan fingerprint density at radius 1 is 0.906 bits per heavy atom. The fraction of sp³-hybridized carbons (Fsp3) is 0.625. The summed E-state index contributed by atoms with van der Waals surface area (Å²) < 4.78 is 0. The number of anilines is 2. The molecule has 1 aromatic carbocycles. The number of benzene rings is 1. The first-order chi connectivity index (χ1) is 15.4. The molecule has 0 aliphatic carbocycles. The zero-order valence-electron chi connectivity index (χ0n) is 19.3. The lowest BCUT2D eigenvalue weighted by molar-refractivity contribution is -0.136. The molecule has 0 aromatic heterocycles. The minimum Gasteiger partial charge on any atom is -0.339 e. The first-order valence-electron chi connectivity index (χ1n) is 11.9. The van der Waals surface area contributed by atoms with E-state index < -0.39 is 0 Å². The van der Waals surface area contributed by atoms with Gasteiger partial charge in [0.25, 0.3) is 0 Å². The van der Waals surface area contributed by atoms with Gasteiger partial charge in [-0.15, -0.1) is 0 Å². The number of hydrogen-bond acceptors (Lipinski definition) is 5. The maximum atomic E-state index is 13.3. The van der Waals surface area contributed by atoms with Gasteiger partial charge in [0, 0.05) is 51.2 Å². The number of hydrogen-bond donors (Lipinski definition) is 1. The maximum absolute atomic E-state index is 13.3. The summed E-state index contributed by atoms with van der Waals surface area (Å²) >= 11 is 0. The molecule has 2 atom stereocenters. The molecule has 2 fully saturated rings. The van der Waals surface area contributed by atoms with Crippen LogP contribution in [0.25, 0.3) is 0 Å². The fourth-order valence-electron chi connectivity index (χ4n) is 5.09. The van der Waals surface area contributed by atoms with E-state index in [4.69, 9.17) is 0 Å². The highest BCUT2D eigenvalue weighted by molar-refractivity contribution is 6.04. The van der Waals surface area contributed by atoms with Gasteiger partial charge in [-0.1, -0.05) is 12.1 Å². The Kier molecular flexibility index (Phi) is 7.10. The lowest BCUT2D eigenvalue weighted by Crippen LogP contribution is -2.54. The third kappa shape index (κ3) is 5.13. The number of rotatable bonds is 4. The van der Waals surface area contributed by atoms with E-state index in [0.717, 1.165) is 51.3 Å². The molecule has 0 unspecified atom stereocenters. The highest BCUT2D eigenvalue weighted by Crippen LogP contribution is 2.31. The largest absolute Gasteiger partial charge is 0.339 e. The number of nitrogens with zero attached hydrogens (tertiary/aromatic N) is 4. The number of para-hydroxylation sites is 2. The van der Waals surface area contributed by atoms with E-state index >= 15 is 0 Å². The summed E-state index contributed by atoms with van der Waals surface area (Å²) in [6.07, 6.45) is 3.69. The van der Waals surface area contributed by atoms with Crippen LogP contribution < -0.4 is 10.2 Å². The Labute approximate surface area is 190 Å². The van der Waals surface area contributed by atoms with Gasteiger partial charge < -0.3 is 15.1 Å². The summed E-state index contributed by atoms with van der Waals surface area (Å²) in [5.41, 5.74) is 1.45. The lowest BCUT2D eigenvalue weighted by Gasteiger charge is -2.38. The second-order valence-electron chi connectivity index (χ2n) is 9.37. The standard InChI is InChI=1S/C24H35N5O3/c1-18-7-5-6-10-28(18)23(31)16-26-11-13-27(14-12-26)17-24(32)29-19(2)15-22(30)25-20-8-3-4-9-21(20)29/h3-4,8-9,18-19H,5-7,10-17H2,1-2H3,(H,25,30)/t18-,19+/m0/s1. The van der Waals surface area contributed by atoms with E-state index in [2.05, 4.69) is 22.0 Å². The first-order valence-corrected chi connectivity index (χ1v) is 11.9. The second kappa shape index (κ2) is 10.0. The van der Waals surface area contributed by atoms with Crippen LogP contribution in [0, 0.1) is 0 Å². The van der Waals surface area contributed by atoms with E-state index in [-0.39, 0.29) is 30.2 Å². The number of nitrogens with one attached hydrogen (secondary N) is 1. The van der Waals surface area contributed by atoms with Gasteiger partial charge in [-0.2, -0.15) is 0 Å². The molecule has 8 heteroatoms. The van der Waals surface area contributed by atoms with E-state index in [1.165, 1.54) is 6.42 Å². The Morgan fingerprint density at radius 3 is 2.25 bits per heavy atom. The van der Waals surface area contributed by atoms with Crippen molar-refractivity contribution in [3.8, 4) is 0 Å². The predicted octanol–water partition coefficient (Wildman–Crippen LogP) is 1.77. The van der Waals surface area contributed by atoms with Crippen LogP contribution >= 0.6 is 0 Å². The van der Waals surface area contributed by atoms with Crippen molar-refractivity contribution in [1.29, 1.82) is 0 Å². The van der Waals surface area contributed by atoms with Gasteiger partial charge in [-0.05, 0) is 45.2 Å². The molecular weight excluding hydrogens is 406 g/mol. The van der Waals surface area contributed by atoms with E-state index in [9.17, 15) is 14.4 Å². The molecule has 4 rings (SSSR count). The van der Waals surface area contributed by atoms with Crippen LogP contribution in [0.1, 0.15) is 39.5 Å². The molecule has 0 radical (unpaired) electrons. The number of amides is 3. The Morgan fingerprint density at radius 2 is 1.56 bits per heavy atom. The minimum atomic E-state index is -0.198. The molecule has 0 bridgehead atoms. The van der Waals surface area contributed by atoms with E-state index in [1.807, 2.05) is 36.1 Å². The van der Waals surface area contributed by atoms with Gasteiger partial charge in [0.05, 0.1) is 24.5 Å². The number of carbonyl (C=O) groups excluding carboxylic acids is 3. The molecule has 1 N–H and O–H groups in total. The number of fused-ring (bicyclic) bond motifs is 1. The zero-order valence-corrected chi connectivity index (χ0v) is 19.3. The number of piperidine rings is 1. The fourth-order valence-corrected chi connectivity index (χ4v) is 5.09. The molecule has 3 heterocycles. The highest BCUT2D eigenvalue weighted by atomic mass is 16.2. The normalized spacial score (nSPS) is 25.1. The molecule has 0 saturated carbocycles. The third-order valence-corrected chi connectivity index (χ3v) is 6.93. The van der Waals surface area contributed by atoms with Crippen molar-refractivity contribution < 1.29 is 14.4 Å². The lowest BCUT2D eigenvalue weighted by atomic mass is 10.0. The number of piperazine rings is 1. The van der Waals surface area contributed by atoms with Crippen LogP contribution in [0.2, 0.25) is 0 Å². The van der Waals surface area contributed by atoms with Gasteiger partial charge in [0.2, 0.25) is 17.7 Å². The average Bonchev–Trinajstić information content (AvgIpc) is 2.89. The van der Waals surface area contributed by atoms with Gasteiger partial charge in [-0.3, -0.25) is 24.2 Å². The monoisotopic (exact) mass is 441 g/mol. The number of likely N-dealkylation sites (tertiary alicyclic amines) is 1. The molecule has 8 nitrogen and oxygen atoms in total. The first kappa shape index (κ1) is 22.7. The summed E-state index contributed by atoms with van der Waals surface area (Å²) in [5, 5.41) is 2.91. The van der Waals surface area contributed by atoms with Crippen LogP contribution in [-0.2, 0) is 14.4 Å². The van der Waals surface area contributed by atoms with Crippen LogP contribution in [0.5, 0.6) is 0 Å². The molecule has 174 valence electrons. The Hall–Kier alpha value is -2.45. The Bertz CT molecular complexity index is 852. The van der Waals surface area contributed by atoms with Gasteiger partial charge in [0.15, 0.2) is 0 Å². The van der Waals surface area contributed by atoms with E-state index in [0.29, 0.717) is 24.8 Å². The van der Waals surface area contributed by atoms with Crippen molar-refractivity contribution in [1.82, 2.24) is 14.7 Å². The van der Waals surface area contributed by atoms with Crippen LogP contribution in [0.15, 0.2) is 24.3 Å². The molecular formula is C24H35N5O3. The van der Waals surface area contributed by atoms with Crippen molar-refractivity contribution in [3.05, 3.63) is 24.3 Å². The van der Waals surface area contributed by atoms with Crippen molar-refractivity contribution in [2.45, 2.75) is 51.6 Å². The van der Waals surface area contributed by atoms with Crippen molar-refractivity contribution in [2.24, 2.45) is 0 Å². The molecule has 3 amide bonds. The molecule has 1 aromatic rings. The van der Waals surface area contributed by atoms with Crippen LogP contribution in [0.3, 0.4) is 0 Å². The summed E-state index contributed by atoms with van der Waals surface area (Å²) in [5.74, 6) is 0.170. The average molecular weight is 442 g/mol. The zero-order chi connectivity index (χ0) is 22.7. The smallest absolute Gasteiger partial charge is 0.241 e. The van der Waals surface area contributed by atoms with Crippen LogP contribution in [-0.4, -0.2) is 90.3 Å².